The summed E-state index contributed by atoms with van der Waals surface area (Å²) in [4.78, 5) is 21.6. The SMILES string of the molecule is COc1ccc(C(=O)NCCCOc2ccc(CN3CCN(c4ccccn4)CC3)cc2)cc1OC. The maximum Gasteiger partial charge on any atom is 0.251 e. The van der Waals surface area contributed by atoms with Crippen molar-refractivity contribution in [2.24, 2.45) is 0 Å². The molecule has 1 aliphatic rings. The van der Waals surface area contributed by atoms with Gasteiger partial charge in [0.25, 0.3) is 5.91 Å². The fourth-order valence-electron chi connectivity index (χ4n) is 4.17. The highest BCUT2D eigenvalue weighted by molar-refractivity contribution is 5.94. The highest BCUT2D eigenvalue weighted by atomic mass is 16.5. The Bertz CT molecular complexity index is 1100. The number of amides is 1. The number of hydrogen-bond donors (Lipinski definition) is 1. The van der Waals surface area contributed by atoms with Gasteiger partial charge < -0.3 is 24.4 Å². The van der Waals surface area contributed by atoms with Gasteiger partial charge in [0, 0.05) is 51.0 Å². The third-order valence-corrected chi connectivity index (χ3v) is 6.20. The quantitative estimate of drug-likeness (QED) is 0.412. The van der Waals surface area contributed by atoms with E-state index in [2.05, 4.69) is 38.3 Å². The van der Waals surface area contributed by atoms with Gasteiger partial charge in [-0.25, -0.2) is 4.98 Å². The van der Waals surface area contributed by atoms with E-state index in [1.165, 1.54) is 5.56 Å². The third-order valence-electron chi connectivity index (χ3n) is 6.20. The molecular formula is C28H34N4O4. The number of benzene rings is 2. The van der Waals surface area contributed by atoms with Crippen LogP contribution in [0.5, 0.6) is 17.2 Å². The van der Waals surface area contributed by atoms with E-state index >= 15 is 0 Å². The first kappa shape index (κ1) is 25.3. The van der Waals surface area contributed by atoms with Crippen molar-refractivity contribution >= 4 is 11.7 Å². The van der Waals surface area contributed by atoms with Gasteiger partial charge >= 0.3 is 0 Å². The Morgan fingerprint density at radius 1 is 0.944 bits per heavy atom. The van der Waals surface area contributed by atoms with Crippen molar-refractivity contribution in [2.75, 3.05) is 58.5 Å². The molecule has 0 bridgehead atoms. The van der Waals surface area contributed by atoms with E-state index in [1.54, 1.807) is 32.4 Å². The van der Waals surface area contributed by atoms with Crippen molar-refractivity contribution in [3.63, 3.8) is 0 Å². The molecule has 1 aromatic heterocycles. The zero-order chi connectivity index (χ0) is 25.2. The number of pyridine rings is 1. The molecule has 1 fully saturated rings. The van der Waals surface area contributed by atoms with Crippen molar-refractivity contribution in [1.82, 2.24) is 15.2 Å². The average Bonchev–Trinajstić information content (AvgIpc) is 2.94. The molecule has 0 aliphatic carbocycles. The fraction of sp³-hybridized carbons (Fsp3) is 0.357. The molecule has 8 nitrogen and oxygen atoms in total. The fourth-order valence-corrected chi connectivity index (χ4v) is 4.17. The molecule has 1 amide bonds. The van der Waals surface area contributed by atoms with Crippen LogP contribution in [-0.2, 0) is 6.54 Å². The molecule has 1 saturated heterocycles. The summed E-state index contributed by atoms with van der Waals surface area (Å²) in [5, 5.41) is 2.91. The number of carbonyl (C=O) groups excluding carboxylic acids is 1. The van der Waals surface area contributed by atoms with Crippen LogP contribution >= 0.6 is 0 Å². The average molecular weight is 491 g/mol. The number of nitrogens with one attached hydrogen (secondary N) is 1. The van der Waals surface area contributed by atoms with Crippen LogP contribution in [0.4, 0.5) is 5.82 Å². The van der Waals surface area contributed by atoms with Crippen molar-refractivity contribution in [3.8, 4) is 17.2 Å². The Kier molecular flexibility index (Phi) is 8.99. The minimum absolute atomic E-state index is 0.152. The van der Waals surface area contributed by atoms with E-state index in [-0.39, 0.29) is 5.91 Å². The molecule has 0 saturated carbocycles. The predicted molar refractivity (Wildman–Crippen MR) is 140 cm³/mol. The first-order chi connectivity index (χ1) is 17.7. The van der Waals surface area contributed by atoms with Crippen molar-refractivity contribution < 1.29 is 19.0 Å². The molecule has 0 atom stereocenters. The van der Waals surface area contributed by atoms with Gasteiger partial charge in [-0.15, -0.1) is 0 Å². The Hall–Kier alpha value is -3.78. The summed E-state index contributed by atoms with van der Waals surface area (Å²) in [6.07, 6.45) is 2.56. The molecule has 2 heterocycles. The molecule has 1 N–H and O–H groups in total. The lowest BCUT2D eigenvalue weighted by molar-refractivity contribution is 0.0951. The van der Waals surface area contributed by atoms with E-state index < -0.39 is 0 Å². The number of ether oxygens (including phenoxy) is 3. The number of nitrogens with zero attached hydrogens (tertiary/aromatic N) is 3. The van der Waals surface area contributed by atoms with Crippen molar-refractivity contribution in [2.45, 2.75) is 13.0 Å². The number of methoxy groups -OCH3 is 2. The van der Waals surface area contributed by atoms with Crippen LogP contribution in [-0.4, -0.2) is 69.3 Å². The van der Waals surface area contributed by atoms with E-state index in [1.807, 2.05) is 30.5 Å². The molecule has 190 valence electrons. The number of piperazine rings is 1. The van der Waals surface area contributed by atoms with Gasteiger partial charge in [0.15, 0.2) is 11.5 Å². The van der Waals surface area contributed by atoms with Crippen LogP contribution in [0.2, 0.25) is 0 Å². The summed E-state index contributed by atoms with van der Waals surface area (Å²) in [6.45, 7) is 5.99. The molecule has 36 heavy (non-hydrogen) atoms. The zero-order valence-electron chi connectivity index (χ0n) is 21.0. The maximum atomic E-state index is 12.4. The number of rotatable bonds is 11. The van der Waals surface area contributed by atoms with Gasteiger partial charge in [-0.3, -0.25) is 9.69 Å². The number of anilines is 1. The second kappa shape index (κ2) is 12.8. The number of carbonyl (C=O) groups is 1. The van der Waals surface area contributed by atoms with Gasteiger partial charge in [-0.05, 0) is 54.4 Å². The van der Waals surface area contributed by atoms with Crippen LogP contribution in [0.1, 0.15) is 22.3 Å². The first-order valence-electron chi connectivity index (χ1n) is 12.3. The molecule has 0 radical (unpaired) electrons. The highest BCUT2D eigenvalue weighted by Gasteiger charge is 2.18. The summed E-state index contributed by atoms with van der Waals surface area (Å²) >= 11 is 0. The molecular weight excluding hydrogens is 456 g/mol. The molecule has 1 aliphatic heterocycles. The second-order valence-electron chi connectivity index (χ2n) is 8.62. The summed E-state index contributed by atoms with van der Waals surface area (Å²) < 4.78 is 16.3. The topological polar surface area (TPSA) is 76.2 Å². The van der Waals surface area contributed by atoms with E-state index in [0.717, 1.165) is 44.3 Å². The lowest BCUT2D eigenvalue weighted by Crippen LogP contribution is -2.46. The highest BCUT2D eigenvalue weighted by Crippen LogP contribution is 2.27. The van der Waals surface area contributed by atoms with Gasteiger partial charge in [-0.1, -0.05) is 18.2 Å². The van der Waals surface area contributed by atoms with Crippen molar-refractivity contribution in [3.05, 3.63) is 78.0 Å². The third kappa shape index (κ3) is 6.88. The largest absolute Gasteiger partial charge is 0.494 e. The van der Waals surface area contributed by atoms with Crippen LogP contribution in [0.3, 0.4) is 0 Å². The van der Waals surface area contributed by atoms with Crippen molar-refractivity contribution in [1.29, 1.82) is 0 Å². The van der Waals surface area contributed by atoms with Gasteiger partial charge in [0.05, 0.1) is 20.8 Å². The van der Waals surface area contributed by atoms with Gasteiger partial charge in [-0.2, -0.15) is 0 Å². The van der Waals surface area contributed by atoms with E-state index in [0.29, 0.717) is 36.6 Å². The minimum Gasteiger partial charge on any atom is -0.494 e. The Morgan fingerprint density at radius 3 is 2.42 bits per heavy atom. The molecule has 0 spiro atoms. The van der Waals surface area contributed by atoms with Crippen LogP contribution < -0.4 is 24.4 Å². The molecule has 2 aromatic carbocycles. The maximum absolute atomic E-state index is 12.4. The van der Waals surface area contributed by atoms with Gasteiger partial charge in [0.2, 0.25) is 0 Å². The molecule has 0 unspecified atom stereocenters. The minimum atomic E-state index is -0.152. The Morgan fingerprint density at radius 2 is 1.72 bits per heavy atom. The Balaban J connectivity index is 1.14. The summed E-state index contributed by atoms with van der Waals surface area (Å²) in [7, 11) is 3.12. The molecule has 8 heteroatoms. The second-order valence-corrected chi connectivity index (χ2v) is 8.62. The smallest absolute Gasteiger partial charge is 0.251 e. The normalized spacial score (nSPS) is 13.8. The van der Waals surface area contributed by atoms with Crippen LogP contribution in [0.25, 0.3) is 0 Å². The van der Waals surface area contributed by atoms with E-state index in [9.17, 15) is 4.79 Å². The zero-order valence-corrected chi connectivity index (χ0v) is 21.0. The Labute approximate surface area is 212 Å². The standard InChI is InChI=1S/C28H34N4O4/c1-34-25-12-9-23(20-26(25)35-2)28(33)30-14-5-19-36-24-10-7-22(8-11-24)21-31-15-17-32(18-16-31)27-6-3-4-13-29-27/h3-4,6-13,20H,5,14-19,21H2,1-2H3,(H,30,33). The lowest BCUT2D eigenvalue weighted by Gasteiger charge is -2.35. The first-order valence-corrected chi connectivity index (χ1v) is 12.3. The summed E-state index contributed by atoms with van der Waals surface area (Å²) in [5.41, 5.74) is 1.80. The number of hydrogen-bond acceptors (Lipinski definition) is 7. The lowest BCUT2D eigenvalue weighted by atomic mass is 10.2. The van der Waals surface area contributed by atoms with Crippen LogP contribution in [0.15, 0.2) is 66.9 Å². The predicted octanol–water partition coefficient (Wildman–Crippen LogP) is 3.62. The molecule has 3 aromatic rings. The number of aromatic nitrogens is 1. The monoisotopic (exact) mass is 490 g/mol. The van der Waals surface area contributed by atoms with Crippen LogP contribution in [0, 0.1) is 0 Å². The van der Waals surface area contributed by atoms with Gasteiger partial charge in [0.1, 0.15) is 11.6 Å². The van der Waals surface area contributed by atoms with E-state index in [4.69, 9.17) is 14.2 Å². The molecule has 4 rings (SSSR count). The summed E-state index contributed by atoms with van der Waals surface area (Å²) in [5.74, 6) is 2.87. The summed E-state index contributed by atoms with van der Waals surface area (Å²) in [6, 6.07) is 19.5.